The summed E-state index contributed by atoms with van der Waals surface area (Å²) in [6.45, 7) is -0.531. The summed E-state index contributed by atoms with van der Waals surface area (Å²) >= 11 is 0. The largest absolute Gasteiger partial charge is 0.497 e. The monoisotopic (exact) mass is 274 g/mol. The molecule has 0 amide bonds. The number of halogens is 3. The molecule has 1 aromatic rings. The van der Waals surface area contributed by atoms with Gasteiger partial charge in [0.15, 0.2) is 5.92 Å². The quantitative estimate of drug-likeness (QED) is 0.897. The van der Waals surface area contributed by atoms with Gasteiger partial charge in [0.25, 0.3) is 0 Å². The van der Waals surface area contributed by atoms with E-state index in [1.807, 2.05) is 0 Å². The minimum atomic E-state index is -4.55. The fourth-order valence-corrected chi connectivity index (χ4v) is 1.36. The van der Waals surface area contributed by atoms with Gasteiger partial charge in [0, 0.05) is 30.4 Å². The molecular formula is C12H13F3N2O2. The third-order valence-electron chi connectivity index (χ3n) is 2.41. The zero-order chi connectivity index (χ0) is 14.5. The molecule has 0 aliphatic carbocycles. The van der Waals surface area contributed by atoms with Gasteiger partial charge in [-0.05, 0) is 0 Å². The van der Waals surface area contributed by atoms with Gasteiger partial charge in [-0.1, -0.05) is 0 Å². The first-order valence-corrected chi connectivity index (χ1v) is 5.34. The molecule has 19 heavy (non-hydrogen) atoms. The number of methoxy groups -OCH3 is 2. The number of anilines is 1. The van der Waals surface area contributed by atoms with Gasteiger partial charge in [0.1, 0.15) is 11.5 Å². The third kappa shape index (κ3) is 4.25. The minimum absolute atomic E-state index is 0.390. The normalized spacial score (nSPS) is 12.4. The highest BCUT2D eigenvalue weighted by molar-refractivity contribution is 5.53. The van der Waals surface area contributed by atoms with Crippen LogP contribution in [0.2, 0.25) is 0 Å². The summed E-state index contributed by atoms with van der Waals surface area (Å²) in [5.74, 6) is -1.17. The van der Waals surface area contributed by atoms with E-state index in [4.69, 9.17) is 14.7 Å². The summed E-state index contributed by atoms with van der Waals surface area (Å²) in [5, 5.41) is 11.0. The fourth-order valence-electron chi connectivity index (χ4n) is 1.36. The summed E-state index contributed by atoms with van der Waals surface area (Å²) < 4.78 is 47.2. The topological polar surface area (TPSA) is 54.3 Å². The van der Waals surface area contributed by atoms with Crippen molar-refractivity contribution in [3.05, 3.63) is 18.2 Å². The standard InChI is InChI=1S/C12H13F3N2O2/c1-18-10-3-9(4-11(5-10)19-2)17-7-8(6-16)12(13,14)15/h3-5,8,17H,7H2,1-2H3. The van der Waals surface area contributed by atoms with Crippen molar-refractivity contribution < 1.29 is 22.6 Å². The molecule has 1 unspecified atom stereocenters. The number of alkyl halides is 3. The van der Waals surface area contributed by atoms with Crippen LogP contribution in [0, 0.1) is 17.2 Å². The van der Waals surface area contributed by atoms with Gasteiger partial charge in [0.05, 0.1) is 20.3 Å². The lowest BCUT2D eigenvalue weighted by Gasteiger charge is -2.15. The number of nitriles is 1. The molecule has 0 saturated heterocycles. The molecule has 0 aliphatic heterocycles. The number of hydrogen-bond donors (Lipinski definition) is 1. The Bertz CT molecular complexity index is 447. The van der Waals surface area contributed by atoms with Gasteiger partial charge in [0.2, 0.25) is 0 Å². The number of nitrogens with one attached hydrogen (secondary N) is 1. The number of benzene rings is 1. The van der Waals surface area contributed by atoms with E-state index < -0.39 is 18.6 Å². The van der Waals surface area contributed by atoms with Gasteiger partial charge in [-0.25, -0.2) is 0 Å². The Labute approximate surface area is 108 Å². The maximum Gasteiger partial charge on any atom is 0.406 e. The van der Waals surface area contributed by atoms with E-state index in [1.165, 1.54) is 32.4 Å². The maximum absolute atomic E-state index is 12.4. The minimum Gasteiger partial charge on any atom is -0.497 e. The molecule has 1 N–H and O–H groups in total. The summed E-state index contributed by atoms with van der Waals surface area (Å²) in [5.41, 5.74) is 0.390. The smallest absolute Gasteiger partial charge is 0.406 e. The second-order valence-electron chi connectivity index (χ2n) is 3.71. The van der Waals surface area contributed by atoms with Gasteiger partial charge in [-0.3, -0.25) is 0 Å². The summed E-state index contributed by atoms with van der Waals surface area (Å²) in [6, 6.07) is 5.86. The van der Waals surface area contributed by atoms with Crippen molar-refractivity contribution in [1.82, 2.24) is 0 Å². The summed E-state index contributed by atoms with van der Waals surface area (Å²) in [6.07, 6.45) is -4.55. The molecule has 0 heterocycles. The molecule has 0 aliphatic rings. The highest BCUT2D eigenvalue weighted by Gasteiger charge is 2.39. The van der Waals surface area contributed by atoms with Crippen molar-refractivity contribution in [1.29, 1.82) is 5.26 Å². The van der Waals surface area contributed by atoms with Gasteiger partial charge in [-0.15, -0.1) is 0 Å². The van der Waals surface area contributed by atoms with Crippen LogP contribution in [0.3, 0.4) is 0 Å². The Hall–Kier alpha value is -2.10. The van der Waals surface area contributed by atoms with Crippen LogP contribution in [0.25, 0.3) is 0 Å². The van der Waals surface area contributed by atoms with Crippen molar-refractivity contribution in [2.24, 2.45) is 5.92 Å². The van der Waals surface area contributed by atoms with Crippen LogP contribution in [0.4, 0.5) is 18.9 Å². The zero-order valence-corrected chi connectivity index (χ0v) is 10.4. The molecule has 1 rings (SSSR count). The van der Waals surface area contributed by atoms with Gasteiger partial charge >= 0.3 is 6.18 Å². The molecule has 4 nitrogen and oxygen atoms in total. The van der Waals surface area contributed by atoms with Gasteiger partial charge < -0.3 is 14.8 Å². The molecule has 1 atom stereocenters. The molecule has 1 aromatic carbocycles. The lowest BCUT2D eigenvalue weighted by molar-refractivity contribution is -0.155. The molecule has 0 fully saturated rings. The van der Waals surface area contributed by atoms with Crippen LogP contribution in [-0.4, -0.2) is 26.9 Å². The lowest BCUT2D eigenvalue weighted by atomic mass is 10.1. The molecule has 0 saturated carbocycles. The number of rotatable bonds is 5. The Morgan fingerprint density at radius 1 is 1.21 bits per heavy atom. The summed E-state index contributed by atoms with van der Waals surface area (Å²) in [4.78, 5) is 0. The van der Waals surface area contributed by atoms with E-state index in [1.54, 1.807) is 6.07 Å². The molecule has 104 valence electrons. The third-order valence-corrected chi connectivity index (χ3v) is 2.41. The number of hydrogen-bond acceptors (Lipinski definition) is 4. The van der Waals surface area contributed by atoms with Crippen molar-refractivity contribution in [2.75, 3.05) is 26.1 Å². The van der Waals surface area contributed by atoms with E-state index in [2.05, 4.69) is 5.32 Å². The van der Waals surface area contributed by atoms with E-state index in [-0.39, 0.29) is 0 Å². The second kappa shape index (κ2) is 6.18. The molecular weight excluding hydrogens is 261 g/mol. The average molecular weight is 274 g/mol. The highest BCUT2D eigenvalue weighted by Crippen LogP contribution is 2.28. The lowest BCUT2D eigenvalue weighted by Crippen LogP contribution is -2.28. The number of ether oxygens (including phenoxy) is 2. The van der Waals surface area contributed by atoms with Gasteiger partial charge in [-0.2, -0.15) is 18.4 Å². The first kappa shape index (κ1) is 15.0. The van der Waals surface area contributed by atoms with Crippen LogP contribution in [0.5, 0.6) is 11.5 Å². The van der Waals surface area contributed by atoms with Crippen molar-refractivity contribution in [2.45, 2.75) is 6.18 Å². The molecule has 7 heteroatoms. The first-order valence-electron chi connectivity index (χ1n) is 5.34. The highest BCUT2D eigenvalue weighted by atomic mass is 19.4. The second-order valence-corrected chi connectivity index (χ2v) is 3.71. The fraction of sp³-hybridized carbons (Fsp3) is 0.417. The Kier molecular flexibility index (Phi) is 4.87. The Balaban J connectivity index is 2.80. The average Bonchev–Trinajstić information content (AvgIpc) is 2.37. The SMILES string of the molecule is COc1cc(NCC(C#N)C(F)(F)F)cc(OC)c1. The Morgan fingerprint density at radius 3 is 2.11 bits per heavy atom. The van der Waals surface area contributed by atoms with Crippen molar-refractivity contribution in [3.63, 3.8) is 0 Å². The first-order chi connectivity index (χ1) is 8.90. The van der Waals surface area contributed by atoms with Crippen LogP contribution >= 0.6 is 0 Å². The summed E-state index contributed by atoms with van der Waals surface area (Å²) in [7, 11) is 2.87. The van der Waals surface area contributed by atoms with Crippen LogP contribution < -0.4 is 14.8 Å². The maximum atomic E-state index is 12.4. The predicted octanol–water partition coefficient (Wildman–Crippen LogP) is 2.82. The molecule has 0 bridgehead atoms. The Morgan fingerprint density at radius 2 is 1.74 bits per heavy atom. The molecule has 0 aromatic heterocycles. The van der Waals surface area contributed by atoms with Crippen LogP contribution in [0.1, 0.15) is 0 Å². The zero-order valence-electron chi connectivity index (χ0n) is 10.4. The van der Waals surface area contributed by atoms with Crippen LogP contribution in [-0.2, 0) is 0 Å². The van der Waals surface area contributed by atoms with Crippen molar-refractivity contribution in [3.8, 4) is 17.6 Å². The van der Waals surface area contributed by atoms with E-state index in [0.717, 1.165) is 0 Å². The number of nitrogens with zero attached hydrogens (tertiary/aromatic N) is 1. The van der Waals surface area contributed by atoms with E-state index in [0.29, 0.717) is 17.2 Å². The van der Waals surface area contributed by atoms with E-state index >= 15 is 0 Å². The van der Waals surface area contributed by atoms with Crippen molar-refractivity contribution >= 4 is 5.69 Å². The molecule has 0 spiro atoms. The molecule has 0 radical (unpaired) electrons. The van der Waals surface area contributed by atoms with E-state index in [9.17, 15) is 13.2 Å². The predicted molar refractivity (Wildman–Crippen MR) is 63.2 cm³/mol. The van der Waals surface area contributed by atoms with Crippen LogP contribution in [0.15, 0.2) is 18.2 Å².